The third kappa shape index (κ3) is 3.65. The molecule has 0 radical (unpaired) electrons. The molecular weight excluding hydrogens is 245 g/mol. The number of nitrogen functional groups attached to an aromatic ring is 1. The highest BCUT2D eigenvalue weighted by molar-refractivity contribution is 5.97. The van der Waals surface area contributed by atoms with Gasteiger partial charge in [-0.3, -0.25) is 5.41 Å². The normalized spacial score (nSPS) is 12.3. The summed E-state index contributed by atoms with van der Waals surface area (Å²) in [6, 6.07) is 3.23. The van der Waals surface area contributed by atoms with E-state index in [4.69, 9.17) is 15.9 Å². The highest BCUT2D eigenvalue weighted by atomic mass is 19.4. The van der Waals surface area contributed by atoms with E-state index in [1.807, 2.05) is 0 Å². The predicted molar refractivity (Wildman–Crippen MR) is 62.8 cm³/mol. The summed E-state index contributed by atoms with van der Waals surface area (Å²) in [7, 11) is 0. The number of benzene rings is 1. The minimum Gasteiger partial charge on any atom is -0.488 e. The second-order valence-electron chi connectivity index (χ2n) is 4.83. The van der Waals surface area contributed by atoms with Crippen LogP contribution in [0.4, 0.5) is 13.2 Å². The van der Waals surface area contributed by atoms with E-state index in [0.29, 0.717) is 0 Å². The van der Waals surface area contributed by atoms with E-state index >= 15 is 0 Å². The van der Waals surface area contributed by atoms with Gasteiger partial charge in [0, 0.05) is 5.56 Å². The van der Waals surface area contributed by atoms with Gasteiger partial charge < -0.3 is 10.5 Å². The molecule has 0 spiro atoms. The van der Waals surface area contributed by atoms with Crippen LogP contribution < -0.4 is 10.5 Å². The maximum Gasteiger partial charge on any atom is 0.417 e. The van der Waals surface area contributed by atoms with Crippen LogP contribution in [-0.2, 0) is 6.18 Å². The maximum atomic E-state index is 12.7. The highest BCUT2D eigenvalue weighted by Gasteiger charge is 2.34. The van der Waals surface area contributed by atoms with Crippen molar-refractivity contribution in [3.05, 3.63) is 29.3 Å². The molecular formula is C12H15F3N2O. The van der Waals surface area contributed by atoms with Crippen molar-refractivity contribution in [1.82, 2.24) is 0 Å². The summed E-state index contributed by atoms with van der Waals surface area (Å²) < 4.78 is 43.5. The number of hydrogen-bond donors (Lipinski definition) is 2. The molecule has 100 valence electrons. The number of ether oxygens (including phenoxy) is 1. The molecule has 0 aliphatic heterocycles. The molecule has 1 rings (SSSR count). The first-order valence-corrected chi connectivity index (χ1v) is 5.25. The Balaban J connectivity index is 3.24. The van der Waals surface area contributed by atoms with Gasteiger partial charge >= 0.3 is 6.18 Å². The van der Waals surface area contributed by atoms with Gasteiger partial charge in [0.25, 0.3) is 0 Å². The van der Waals surface area contributed by atoms with Gasteiger partial charge in [-0.05, 0) is 39.0 Å². The van der Waals surface area contributed by atoms with Crippen molar-refractivity contribution in [2.45, 2.75) is 32.5 Å². The zero-order chi connectivity index (χ0) is 14.1. The van der Waals surface area contributed by atoms with Crippen molar-refractivity contribution in [2.75, 3.05) is 0 Å². The molecule has 0 unspecified atom stereocenters. The average molecular weight is 260 g/mol. The van der Waals surface area contributed by atoms with Crippen molar-refractivity contribution in [3.63, 3.8) is 0 Å². The molecule has 0 aromatic heterocycles. The van der Waals surface area contributed by atoms with Crippen LogP contribution in [0.5, 0.6) is 5.75 Å². The van der Waals surface area contributed by atoms with Crippen LogP contribution in [0.15, 0.2) is 18.2 Å². The Morgan fingerprint density at radius 1 is 1.22 bits per heavy atom. The minimum atomic E-state index is -4.54. The standard InChI is InChI=1S/C12H15F3N2O/c1-11(2,3)18-7-4-5-9(12(13,14)15)8(6-7)10(16)17/h4-6H,1-3H3,(H3,16,17). The highest BCUT2D eigenvalue weighted by Crippen LogP contribution is 2.34. The molecule has 3 N–H and O–H groups in total. The van der Waals surface area contributed by atoms with Crippen molar-refractivity contribution in [2.24, 2.45) is 5.73 Å². The fraction of sp³-hybridized carbons (Fsp3) is 0.417. The quantitative estimate of drug-likeness (QED) is 0.633. The molecule has 18 heavy (non-hydrogen) atoms. The molecule has 0 saturated heterocycles. The summed E-state index contributed by atoms with van der Waals surface area (Å²) in [6.07, 6.45) is -4.54. The Morgan fingerprint density at radius 3 is 2.17 bits per heavy atom. The van der Waals surface area contributed by atoms with Gasteiger partial charge in [-0.25, -0.2) is 0 Å². The molecule has 0 atom stereocenters. The topological polar surface area (TPSA) is 59.1 Å². The summed E-state index contributed by atoms with van der Waals surface area (Å²) in [5.41, 5.74) is 3.33. The Hall–Kier alpha value is -1.72. The number of nitrogens with two attached hydrogens (primary N) is 1. The van der Waals surface area contributed by atoms with Gasteiger partial charge in [0.05, 0.1) is 5.56 Å². The lowest BCUT2D eigenvalue weighted by atomic mass is 10.1. The average Bonchev–Trinajstić information content (AvgIpc) is 2.12. The van der Waals surface area contributed by atoms with Gasteiger partial charge in [0.1, 0.15) is 17.2 Å². The molecule has 0 aliphatic rings. The third-order valence-electron chi connectivity index (χ3n) is 2.01. The molecule has 0 heterocycles. The summed E-state index contributed by atoms with van der Waals surface area (Å²) in [4.78, 5) is 0. The van der Waals surface area contributed by atoms with Crippen molar-refractivity contribution in [1.29, 1.82) is 5.41 Å². The summed E-state index contributed by atoms with van der Waals surface area (Å²) >= 11 is 0. The van der Waals surface area contributed by atoms with E-state index in [1.165, 1.54) is 6.07 Å². The lowest BCUT2D eigenvalue weighted by Crippen LogP contribution is -2.24. The molecule has 1 aromatic rings. The van der Waals surface area contributed by atoms with Crippen LogP contribution in [-0.4, -0.2) is 11.4 Å². The fourth-order valence-electron chi connectivity index (χ4n) is 1.41. The monoisotopic (exact) mass is 260 g/mol. The largest absolute Gasteiger partial charge is 0.488 e. The molecule has 0 bridgehead atoms. The second-order valence-corrected chi connectivity index (χ2v) is 4.83. The predicted octanol–water partition coefficient (Wildman–Crippen LogP) is 3.17. The van der Waals surface area contributed by atoms with Gasteiger partial charge in [-0.15, -0.1) is 0 Å². The molecule has 0 amide bonds. The first-order valence-electron chi connectivity index (χ1n) is 5.25. The lowest BCUT2D eigenvalue weighted by molar-refractivity contribution is -0.137. The number of nitrogens with one attached hydrogen (secondary N) is 1. The van der Waals surface area contributed by atoms with Crippen LogP contribution in [0, 0.1) is 5.41 Å². The SMILES string of the molecule is CC(C)(C)Oc1ccc(C(F)(F)F)c(C(=N)N)c1. The Morgan fingerprint density at radius 2 is 1.78 bits per heavy atom. The van der Waals surface area contributed by atoms with E-state index in [-0.39, 0.29) is 11.3 Å². The summed E-state index contributed by atoms with van der Waals surface area (Å²) in [5.74, 6) is -0.387. The third-order valence-corrected chi connectivity index (χ3v) is 2.01. The number of amidine groups is 1. The van der Waals surface area contributed by atoms with E-state index in [2.05, 4.69) is 0 Å². The number of hydrogen-bond acceptors (Lipinski definition) is 2. The number of alkyl halides is 3. The Labute approximate surface area is 103 Å². The van der Waals surface area contributed by atoms with E-state index in [9.17, 15) is 13.2 Å². The number of halogens is 3. The first kappa shape index (κ1) is 14.3. The van der Waals surface area contributed by atoms with Gasteiger partial charge in [-0.1, -0.05) is 0 Å². The molecule has 6 heteroatoms. The summed E-state index contributed by atoms with van der Waals surface area (Å²) in [6.45, 7) is 5.33. The Bertz CT molecular complexity index is 461. The van der Waals surface area contributed by atoms with E-state index < -0.39 is 23.2 Å². The lowest BCUT2D eigenvalue weighted by Gasteiger charge is -2.22. The molecule has 1 aromatic carbocycles. The zero-order valence-electron chi connectivity index (χ0n) is 10.4. The van der Waals surface area contributed by atoms with E-state index in [1.54, 1.807) is 20.8 Å². The fourth-order valence-corrected chi connectivity index (χ4v) is 1.41. The van der Waals surface area contributed by atoms with Gasteiger partial charge in [-0.2, -0.15) is 13.2 Å². The van der Waals surface area contributed by atoms with Crippen LogP contribution in [0.25, 0.3) is 0 Å². The van der Waals surface area contributed by atoms with E-state index in [0.717, 1.165) is 12.1 Å². The van der Waals surface area contributed by atoms with Gasteiger partial charge in [0.15, 0.2) is 0 Å². The number of rotatable bonds is 2. The second kappa shape index (κ2) is 4.51. The van der Waals surface area contributed by atoms with Crippen molar-refractivity contribution < 1.29 is 17.9 Å². The van der Waals surface area contributed by atoms with Crippen LogP contribution in [0.1, 0.15) is 31.9 Å². The van der Waals surface area contributed by atoms with Gasteiger partial charge in [0.2, 0.25) is 0 Å². The van der Waals surface area contributed by atoms with Crippen LogP contribution >= 0.6 is 0 Å². The van der Waals surface area contributed by atoms with Crippen LogP contribution in [0.2, 0.25) is 0 Å². The first-order chi connectivity index (χ1) is 8.00. The molecule has 0 saturated carbocycles. The molecule has 3 nitrogen and oxygen atoms in total. The minimum absolute atomic E-state index is 0.251. The van der Waals surface area contributed by atoms with Crippen molar-refractivity contribution in [3.8, 4) is 5.75 Å². The molecule has 0 aliphatic carbocycles. The Kier molecular flexibility index (Phi) is 3.59. The molecule has 0 fully saturated rings. The summed E-state index contributed by atoms with van der Waals surface area (Å²) in [5, 5.41) is 7.21. The zero-order valence-corrected chi connectivity index (χ0v) is 10.4. The smallest absolute Gasteiger partial charge is 0.417 e. The van der Waals surface area contributed by atoms with Crippen LogP contribution in [0.3, 0.4) is 0 Å². The maximum absolute atomic E-state index is 12.7. The van der Waals surface area contributed by atoms with Crippen molar-refractivity contribution >= 4 is 5.84 Å².